The van der Waals surface area contributed by atoms with Gasteiger partial charge < -0.3 is 19.9 Å². The molecule has 1 saturated heterocycles. The smallest absolute Gasteiger partial charge is 0.317 e. The maximum atomic E-state index is 12.4. The van der Waals surface area contributed by atoms with Crippen LogP contribution in [0.4, 0.5) is 10.5 Å². The summed E-state index contributed by atoms with van der Waals surface area (Å²) in [4.78, 5) is 28.3. The first-order chi connectivity index (χ1) is 12.1. The topological polar surface area (TPSA) is 61.9 Å². The van der Waals surface area contributed by atoms with E-state index >= 15 is 0 Å². The molecule has 0 spiro atoms. The van der Waals surface area contributed by atoms with Crippen LogP contribution in [-0.2, 0) is 4.79 Å². The van der Waals surface area contributed by atoms with Gasteiger partial charge in [-0.25, -0.2) is 4.79 Å². The van der Waals surface area contributed by atoms with Crippen molar-refractivity contribution >= 4 is 17.6 Å². The molecule has 6 nitrogen and oxygen atoms in total. The molecule has 3 amide bonds. The number of benzene rings is 1. The van der Waals surface area contributed by atoms with Gasteiger partial charge in [0, 0.05) is 31.7 Å². The lowest BCUT2D eigenvalue weighted by molar-refractivity contribution is -0.117. The number of carbonyl (C=O) groups excluding carboxylic acids is 2. The summed E-state index contributed by atoms with van der Waals surface area (Å²) in [6, 6.07) is 7.27. The highest BCUT2D eigenvalue weighted by Crippen LogP contribution is 2.24. The summed E-state index contributed by atoms with van der Waals surface area (Å²) >= 11 is 0. The standard InChI is InChI=1S/C19H29N3O3/c1-4-11-21(12-5-2)19(24)20-15-13-18(23)22(14-15)16-7-9-17(10-8-16)25-6-3/h7-10,15H,4-6,11-14H2,1-3H3,(H,20,24)/t15-/m1/s1. The van der Waals surface area contributed by atoms with Gasteiger partial charge in [-0.05, 0) is 44.0 Å². The Morgan fingerprint density at radius 3 is 2.40 bits per heavy atom. The van der Waals surface area contributed by atoms with Crippen molar-refractivity contribution < 1.29 is 14.3 Å². The van der Waals surface area contributed by atoms with Gasteiger partial charge in [-0.3, -0.25) is 4.79 Å². The minimum atomic E-state index is -0.150. The minimum Gasteiger partial charge on any atom is -0.494 e. The van der Waals surface area contributed by atoms with Gasteiger partial charge in [-0.2, -0.15) is 0 Å². The second kappa shape index (κ2) is 9.30. The fraction of sp³-hybridized carbons (Fsp3) is 0.579. The van der Waals surface area contributed by atoms with Crippen LogP contribution in [0, 0.1) is 0 Å². The van der Waals surface area contributed by atoms with Crippen molar-refractivity contribution in [2.45, 2.75) is 46.1 Å². The Kier molecular flexibility index (Phi) is 7.10. The van der Waals surface area contributed by atoms with Crippen molar-refractivity contribution in [2.24, 2.45) is 0 Å². The fourth-order valence-electron chi connectivity index (χ4n) is 3.06. The number of amides is 3. The van der Waals surface area contributed by atoms with Crippen LogP contribution in [0.2, 0.25) is 0 Å². The Hall–Kier alpha value is -2.24. The van der Waals surface area contributed by atoms with E-state index in [0.29, 0.717) is 19.6 Å². The van der Waals surface area contributed by atoms with Crippen molar-refractivity contribution in [2.75, 3.05) is 31.1 Å². The van der Waals surface area contributed by atoms with Crippen LogP contribution in [0.3, 0.4) is 0 Å². The van der Waals surface area contributed by atoms with Gasteiger partial charge >= 0.3 is 6.03 Å². The third-order valence-corrected chi connectivity index (χ3v) is 4.19. The van der Waals surface area contributed by atoms with Crippen LogP contribution in [-0.4, -0.2) is 49.1 Å². The molecule has 1 aromatic carbocycles. The van der Waals surface area contributed by atoms with Crippen molar-refractivity contribution in [3.8, 4) is 5.75 Å². The van der Waals surface area contributed by atoms with Crippen molar-refractivity contribution in [1.29, 1.82) is 0 Å². The second-order valence-electron chi connectivity index (χ2n) is 6.27. The largest absolute Gasteiger partial charge is 0.494 e. The van der Waals surface area contributed by atoms with Gasteiger partial charge in [0.25, 0.3) is 0 Å². The number of anilines is 1. The van der Waals surface area contributed by atoms with Crippen LogP contribution >= 0.6 is 0 Å². The lowest BCUT2D eigenvalue weighted by Crippen LogP contribution is -2.46. The van der Waals surface area contributed by atoms with Crippen LogP contribution in [0.15, 0.2) is 24.3 Å². The van der Waals surface area contributed by atoms with Crippen LogP contribution < -0.4 is 15.0 Å². The van der Waals surface area contributed by atoms with E-state index in [-0.39, 0.29) is 18.0 Å². The van der Waals surface area contributed by atoms with Gasteiger partial charge in [-0.1, -0.05) is 13.8 Å². The summed E-state index contributed by atoms with van der Waals surface area (Å²) in [6.07, 6.45) is 2.19. The number of urea groups is 1. The van der Waals surface area contributed by atoms with Crippen LogP contribution in [0.1, 0.15) is 40.0 Å². The first-order valence-electron chi connectivity index (χ1n) is 9.17. The zero-order valence-electron chi connectivity index (χ0n) is 15.5. The third kappa shape index (κ3) is 5.11. The summed E-state index contributed by atoms with van der Waals surface area (Å²) in [7, 11) is 0. The molecule has 0 unspecified atom stereocenters. The van der Waals surface area contributed by atoms with E-state index in [9.17, 15) is 9.59 Å². The average molecular weight is 347 g/mol. The van der Waals surface area contributed by atoms with Crippen molar-refractivity contribution in [1.82, 2.24) is 10.2 Å². The van der Waals surface area contributed by atoms with Gasteiger partial charge in [0.2, 0.25) is 5.91 Å². The van der Waals surface area contributed by atoms with Crippen molar-refractivity contribution in [3.05, 3.63) is 24.3 Å². The molecule has 25 heavy (non-hydrogen) atoms. The van der Waals surface area contributed by atoms with Crippen LogP contribution in [0.5, 0.6) is 5.75 Å². The highest BCUT2D eigenvalue weighted by molar-refractivity contribution is 5.96. The number of carbonyl (C=O) groups is 2. The van der Waals surface area contributed by atoms with E-state index in [0.717, 1.165) is 37.4 Å². The molecule has 0 aliphatic carbocycles. The normalized spacial score (nSPS) is 16.8. The molecule has 138 valence electrons. The molecule has 0 radical (unpaired) electrons. The number of hydrogen-bond acceptors (Lipinski definition) is 3. The molecule has 0 saturated carbocycles. The van der Waals surface area contributed by atoms with Crippen LogP contribution in [0.25, 0.3) is 0 Å². The fourth-order valence-corrected chi connectivity index (χ4v) is 3.06. The molecule has 1 aliphatic heterocycles. The minimum absolute atomic E-state index is 0.0343. The SMILES string of the molecule is CCCN(CCC)C(=O)N[C@@H]1CC(=O)N(c2ccc(OCC)cc2)C1. The zero-order chi connectivity index (χ0) is 18.2. The van der Waals surface area contributed by atoms with Gasteiger partial charge in [0.05, 0.1) is 12.6 Å². The highest BCUT2D eigenvalue weighted by Gasteiger charge is 2.32. The maximum Gasteiger partial charge on any atom is 0.317 e. The number of ether oxygens (including phenoxy) is 1. The molecule has 1 heterocycles. The Morgan fingerprint density at radius 1 is 1.20 bits per heavy atom. The number of nitrogens with one attached hydrogen (secondary N) is 1. The first kappa shape index (κ1) is 19.1. The summed E-state index contributed by atoms with van der Waals surface area (Å²) in [5.41, 5.74) is 0.837. The van der Waals surface area contributed by atoms with E-state index in [1.54, 1.807) is 4.90 Å². The molecule has 1 atom stereocenters. The highest BCUT2D eigenvalue weighted by atomic mass is 16.5. The molecule has 0 aromatic heterocycles. The monoisotopic (exact) mass is 347 g/mol. The summed E-state index contributed by atoms with van der Waals surface area (Å²) < 4.78 is 5.43. The Morgan fingerprint density at radius 2 is 1.84 bits per heavy atom. The molecular weight excluding hydrogens is 318 g/mol. The zero-order valence-corrected chi connectivity index (χ0v) is 15.5. The Balaban J connectivity index is 1.96. The van der Waals surface area contributed by atoms with E-state index in [4.69, 9.17) is 4.74 Å². The molecule has 0 bridgehead atoms. The lowest BCUT2D eigenvalue weighted by atomic mass is 10.2. The van der Waals surface area contributed by atoms with Gasteiger partial charge in [0.1, 0.15) is 5.75 Å². The molecule has 1 aliphatic rings. The molecule has 1 N–H and O–H groups in total. The lowest BCUT2D eigenvalue weighted by Gasteiger charge is -2.24. The molecule has 1 fully saturated rings. The quantitative estimate of drug-likeness (QED) is 0.786. The predicted octanol–water partition coefficient (Wildman–Crippen LogP) is 3.02. The third-order valence-electron chi connectivity index (χ3n) is 4.19. The van der Waals surface area contributed by atoms with Gasteiger partial charge in [0.15, 0.2) is 0 Å². The molecule has 1 aromatic rings. The van der Waals surface area contributed by atoms with Gasteiger partial charge in [-0.15, -0.1) is 0 Å². The number of hydrogen-bond donors (Lipinski definition) is 1. The molecule has 6 heteroatoms. The Bertz CT molecular complexity index is 568. The maximum absolute atomic E-state index is 12.4. The van der Waals surface area contributed by atoms with E-state index in [1.807, 2.05) is 36.1 Å². The van der Waals surface area contributed by atoms with E-state index in [2.05, 4.69) is 19.2 Å². The first-order valence-corrected chi connectivity index (χ1v) is 9.17. The number of nitrogens with zero attached hydrogens (tertiary/aromatic N) is 2. The average Bonchev–Trinajstić information content (AvgIpc) is 2.96. The molecular formula is C19H29N3O3. The Labute approximate surface area is 150 Å². The summed E-state index contributed by atoms with van der Waals surface area (Å²) in [5.74, 6) is 0.824. The predicted molar refractivity (Wildman–Crippen MR) is 99.1 cm³/mol. The second-order valence-corrected chi connectivity index (χ2v) is 6.27. The van der Waals surface area contributed by atoms with E-state index < -0.39 is 0 Å². The summed E-state index contributed by atoms with van der Waals surface area (Å²) in [5, 5.41) is 3.01. The number of rotatable bonds is 8. The van der Waals surface area contributed by atoms with Crippen molar-refractivity contribution in [3.63, 3.8) is 0 Å². The molecule has 2 rings (SSSR count). The van der Waals surface area contributed by atoms with E-state index in [1.165, 1.54) is 0 Å². The summed E-state index contributed by atoms with van der Waals surface area (Å²) in [6.45, 7) is 8.65.